The van der Waals surface area contributed by atoms with E-state index in [1.54, 1.807) is 13.0 Å². The molecule has 1 heterocycles. The van der Waals surface area contributed by atoms with Crippen molar-refractivity contribution in [1.82, 2.24) is 10.3 Å². The second kappa shape index (κ2) is 11.3. The summed E-state index contributed by atoms with van der Waals surface area (Å²) in [5.74, 6) is 0.880. The average molecular weight is 461 g/mol. The topological polar surface area (TPSA) is 93.8 Å². The number of hydrogen-bond donors (Lipinski definition) is 2. The lowest BCUT2D eigenvalue weighted by Crippen LogP contribution is -2.26. The molecule has 1 aromatic heterocycles. The fraction of sp³-hybridized carbons (Fsp3) is 0.259. The van der Waals surface area contributed by atoms with Crippen molar-refractivity contribution in [2.75, 3.05) is 6.54 Å². The Morgan fingerprint density at radius 3 is 2.53 bits per heavy atom. The van der Waals surface area contributed by atoms with Gasteiger partial charge in [0.25, 0.3) is 0 Å². The summed E-state index contributed by atoms with van der Waals surface area (Å²) in [6.07, 6.45) is -0.154. The maximum Gasteiger partial charge on any atom is 0.344 e. The van der Waals surface area contributed by atoms with Gasteiger partial charge in [-0.25, -0.2) is 9.78 Å². The maximum atomic E-state index is 11.2. The molecule has 0 saturated carbocycles. The largest absolute Gasteiger partial charge is 0.481 e. The normalized spacial score (nSPS) is 12.9. The Hall–Kier alpha value is -3.84. The Balaban J connectivity index is 1.38. The molecule has 0 bridgehead atoms. The van der Waals surface area contributed by atoms with Crippen molar-refractivity contribution in [3.63, 3.8) is 0 Å². The van der Waals surface area contributed by atoms with Crippen molar-refractivity contribution in [3.8, 4) is 11.5 Å². The van der Waals surface area contributed by atoms with Gasteiger partial charge in [0, 0.05) is 13.0 Å². The Labute approximate surface area is 198 Å². The Bertz CT molecular complexity index is 1170. The molecule has 2 atom stereocenters. The molecule has 0 aliphatic rings. The number of rotatable bonds is 12. The molecule has 4 aromatic rings. The summed E-state index contributed by atoms with van der Waals surface area (Å²) in [4.78, 5) is 15.9. The molecule has 3 aromatic carbocycles. The van der Waals surface area contributed by atoms with Crippen LogP contribution in [0.1, 0.15) is 37.3 Å². The molecular formula is C27H28N2O5. The number of carboxylic acid groups (broad SMARTS) is 1. The van der Waals surface area contributed by atoms with Crippen LogP contribution in [0.3, 0.4) is 0 Å². The first kappa shape index (κ1) is 23.3. The van der Waals surface area contributed by atoms with E-state index >= 15 is 0 Å². The number of oxazole rings is 1. The van der Waals surface area contributed by atoms with Gasteiger partial charge in [0.15, 0.2) is 17.8 Å². The summed E-state index contributed by atoms with van der Waals surface area (Å²) in [6.45, 7) is 3.05. The maximum absolute atomic E-state index is 11.2. The van der Waals surface area contributed by atoms with E-state index in [0.717, 1.165) is 22.4 Å². The monoisotopic (exact) mass is 460 g/mol. The number of nitrogens with one attached hydrogen (secondary N) is 1. The molecule has 0 aliphatic heterocycles. The third-order valence-corrected chi connectivity index (χ3v) is 5.34. The van der Waals surface area contributed by atoms with Gasteiger partial charge in [-0.2, -0.15) is 0 Å². The van der Waals surface area contributed by atoms with E-state index in [0.29, 0.717) is 37.6 Å². The lowest BCUT2D eigenvalue weighted by atomic mass is 10.2. The zero-order chi connectivity index (χ0) is 23.8. The molecule has 2 unspecified atom stereocenters. The van der Waals surface area contributed by atoms with Crippen molar-refractivity contribution < 1.29 is 23.8 Å². The van der Waals surface area contributed by atoms with Crippen molar-refractivity contribution in [2.24, 2.45) is 0 Å². The molecule has 0 fully saturated rings. The van der Waals surface area contributed by atoms with E-state index < -0.39 is 12.1 Å². The summed E-state index contributed by atoms with van der Waals surface area (Å²) in [5.41, 5.74) is 2.53. The predicted molar refractivity (Wildman–Crippen MR) is 129 cm³/mol. The third kappa shape index (κ3) is 6.14. The first-order valence-corrected chi connectivity index (χ1v) is 11.4. The fourth-order valence-corrected chi connectivity index (χ4v) is 3.59. The van der Waals surface area contributed by atoms with Gasteiger partial charge in [0.1, 0.15) is 17.0 Å². The molecule has 0 aliphatic carbocycles. The Morgan fingerprint density at radius 2 is 1.76 bits per heavy atom. The van der Waals surface area contributed by atoms with Gasteiger partial charge in [-0.3, -0.25) is 0 Å². The van der Waals surface area contributed by atoms with Crippen LogP contribution in [0.25, 0.3) is 11.1 Å². The van der Waals surface area contributed by atoms with Crippen LogP contribution < -0.4 is 14.8 Å². The number of hydrogen-bond acceptors (Lipinski definition) is 6. The number of carboxylic acids is 1. The summed E-state index contributed by atoms with van der Waals surface area (Å²) >= 11 is 0. The van der Waals surface area contributed by atoms with Gasteiger partial charge in [-0.15, -0.1) is 0 Å². The number of ether oxygens (including phenoxy) is 2. The summed E-state index contributed by atoms with van der Waals surface area (Å²) < 4.78 is 17.8. The second-order valence-electron chi connectivity index (χ2n) is 7.91. The molecule has 4 rings (SSSR count). The molecule has 7 nitrogen and oxygen atoms in total. The SMILES string of the molecule is CCC(Oc1cccc(CNCCC(Oc2ccccc2)c2nc3ccccc3o2)c1)C(=O)O. The molecule has 34 heavy (non-hydrogen) atoms. The molecular weight excluding hydrogens is 432 g/mol. The van der Waals surface area contributed by atoms with Crippen molar-refractivity contribution in [1.29, 1.82) is 0 Å². The van der Waals surface area contributed by atoms with Crippen LogP contribution in [-0.2, 0) is 11.3 Å². The Morgan fingerprint density at radius 1 is 1.00 bits per heavy atom. The van der Waals surface area contributed by atoms with Gasteiger partial charge in [-0.1, -0.05) is 49.4 Å². The van der Waals surface area contributed by atoms with E-state index in [2.05, 4.69) is 10.3 Å². The average Bonchev–Trinajstić information content (AvgIpc) is 3.29. The van der Waals surface area contributed by atoms with E-state index in [1.807, 2.05) is 72.8 Å². The van der Waals surface area contributed by atoms with E-state index in [9.17, 15) is 9.90 Å². The molecule has 0 saturated heterocycles. The lowest BCUT2D eigenvalue weighted by molar-refractivity contribution is -0.145. The number of aromatic nitrogens is 1. The molecule has 0 spiro atoms. The summed E-state index contributed by atoms with van der Waals surface area (Å²) in [7, 11) is 0. The lowest BCUT2D eigenvalue weighted by Gasteiger charge is -2.17. The number of fused-ring (bicyclic) bond motifs is 1. The predicted octanol–water partition coefficient (Wildman–Crippen LogP) is 5.37. The minimum Gasteiger partial charge on any atom is -0.481 e. The van der Waals surface area contributed by atoms with Crippen LogP contribution in [-0.4, -0.2) is 28.7 Å². The van der Waals surface area contributed by atoms with Crippen molar-refractivity contribution in [3.05, 3.63) is 90.3 Å². The second-order valence-corrected chi connectivity index (χ2v) is 7.91. The highest BCUT2D eigenvalue weighted by atomic mass is 16.5. The fourth-order valence-electron chi connectivity index (χ4n) is 3.59. The molecule has 0 amide bonds. The van der Waals surface area contributed by atoms with Crippen LogP contribution in [0.15, 0.2) is 83.3 Å². The number of carbonyl (C=O) groups is 1. The van der Waals surface area contributed by atoms with E-state index in [-0.39, 0.29) is 6.10 Å². The zero-order valence-electron chi connectivity index (χ0n) is 19.0. The van der Waals surface area contributed by atoms with Crippen LogP contribution in [0.5, 0.6) is 11.5 Å². The number of aliphatic carboxylic acids is 1. The van der Waals surface area contributed by atoms with Crippen molar-refractivity contribution in [2.45, 2.75) is 38.5 Å². The molecule has 7 heteroatoms. The van der Waals surface area contributed by atoms with E-state index in [1.165, 1.54) is 0 Å². The number of para-hydroxylation sites is 3. The van der Waals surface area contributed by atoms with Crippen LogP contribution in [0.2, 0.25) is 0 Å². The van der Waals surface area contributed by atoms with Gasteiger partial charge in [0.05, 0.1) is 0 Å². The van der Waals surface area contributed by atoms with Crippen molar-refractivity contribution >= 4 is 17.1 Å². The Kier molecular flexibility index (Phi) is 7.78. The standard InChI is InChI=1S/C27H28N2O5/c1-2-23(27(30)31)33-21-12-8-9-19(17-21)18-28-16-15-25(32-20-10-4-3-5-11-20)26-29-22-13-6-7-14-24(22)34-26/h3-14,17,23,25,28H,2,15-16,18H2,1H3,(H,30,31). The highest BCUT2D eigenvalue weighted by Crippen LogP contribution is 2.27. The van der Waals surface area contributed by atoms with Gasteiger partial charge in [-0.05, 0) is 54.9 Å². The number of nitrogens with zero attached hydrogens (tertiary/aromatic N) is 1. The molecule has 2 N–H and O–H groups in total. The zero-order valence-corrected chi connectivity index (χ0v) is 19.0. The van der Waals surface area contributed by atoms with Crippen LogP contribution in [0, 0.1) is 0 Å². The smallest absolute Gasteiger partial charge is 0.344 e. The molecule has 176 valence electrons. The van der Waals surface area contributed by atoms with Crippen LogP contribution in [0.4, 0.5) is 0 Å². The summed E-state index contributed by atoms with van der Waals surface area (Å²) in [6, 6.07) is 24.8. The number of benzene rings is 3. The first-order valence-electron chi connectivity index (χ1n) is 11.4. The molecule has 0 radical (unpaired) electrons. The third-order valence-electron chi connectivity index (χ3n) is 5.34. The summed E-state index contributed by atoms with van der Waals surface area (Å²) in [5, 5.41) is 12.6. The minimum atomic E-state index is -0.963. The highest BCUT2D eigenvalue weighted by molar-refractivity contribution is 5.73. The first-order chi connectivity index (χ1) is 16.6. The van der Waals surface area contributed by atoms with Gasteiger partial charge in [0.2, 0.25) is 5.89 Å². The minimum absolute atomic E-state index is 0.349. The van der Waals surface area contributed by atoms with Crippen LogP contribution >= 0.6 is 0 Å². The highest BCUT2D eigenvalue weighted by Gasteiger charge is 2.20. The van der Waals surface area contributed by atoms with Gasteiger partial charge >= 0.3 is 5.97 Å². The van der Waals surface area contributed by atoms with E-state index in [4.69, 9.17) is 13.9 Å². The van der Waals surface area contributed by atoms with Gasteiger partial charge < -0.3 is 24.3 Å². The quantitative estimate of drug-likeness (QED) is 0.275.